The molecule has 2 nitrogen and oxygen atoms in total. The Balaban J connectivity index is 2.45. The van der Waals surface area contributed by atoms with Crippen LogP contribution in [0.25, 0.3) is 0 Å². The predicted molar refractivity (Wildman–Crippen MR) is 52.8 cm³/mol. The standard InChI is InChI=1S/C7H14FIN2/c1-5(2)11-6-3-10-4-7(6,8)9/h5-6,10-11H,3-4H2,1-2H3. The molecule has 0 aromatic carbocycles. The third kappa shape index (κ3) is 2.52. The maximum Gasteiger partial charge on any atom is 0.189 e. The van der Waals surface area contributed by atoms with E-state index in [1.807, 2.05) is 36.4 Å². The van der Waals surface area contributed by atoms with Crippen molar-refractivity contribution in [1.29, 1.82) is 0 Å². The molecule has 0 aliphatic carbocycles. The molecule has 4 heteroatoms. The number of alkyl halides is 2. The van der Waals surface area contributed by atoms with E-state index in [2.05, 4.69) is 10.6 Å². The third-order valence-electron chi connectivity index (χ3n) is 1.75. The van der Waals surface area contributed by atoms with E-state index in [1.165, 1.54) is 0 Å². The lowest BCUT2D eigenvalue weighted by Crippen LogP contribution is -2.45. The highest BCUT2D eigenvalue weighted by molar-refractivity contribution is 14.1. The van der Waals surface area contributed by atoms with Crippen LogP contribution in [-0.4, -0.2) is 28.8 Å². The lowest BCUT2D eigenvalue weighted by atomic mass is 10.2. The number of halogens is 2. The molecule has 11 heavy (non-hydrogen) atoms. The second kappa shape index (κ2) is 3.53. The summed E-state index contributed by atoms with van der Waals surface area (Å²) < 4.78 is 12.4. The van der Waals surface area contributed by atoms with Gasteiger partial charge in [-0.3, -0.25) is 0 Å². The molecular formula is C7H14FIN2. The SMILES string of the molecule is CC(C)NC1CNCC1(F)I. The first-order valence-corrected chi connectivity index (χ1v) is 4.95. The zero-order chi connectivity index (χ0) is 8.48. The normalized spacial score (nSPS) is 38.5. The minimum atomic E-state index is -1.11. The van der Waals surface area contributed by atoms with Crippen LogP contribution in [0.3, 0.4) is 0 Å². The second-order valence-electron chi connectivity index (χ2n) is 3.27. The lowest BCUT2D eigenvalue weighted by Gasteiger charge is -2.23. The molecule has 1 saturated heterocycles. The lowest BCUT2D eigenvalue weighted by molar-refractivity contribution is 0.270. The van der Waals surface area contributed by atoms with E-state index >= 15 is 0 Å². The van der Waals surface area contributed by atoms with Gasteiger partial charge in [0, 0.05) is 19.1 Å². The van der Waals surface area contributed by atoms with E-state index in [0.717, 1.165) is 6.54 Å². The molecule has 1 aliphatic heterocycles. The zero-order valence-corrected chi connectivity index (χ0v) is 8.98. The zero-order valence-electron chi connectivity index (χ0n) is 6.82. The Morgan fingerprint density at radius 2 is 2.36 bits per heavy atom. The van der Waals surface area contributed by atoms with Crippen molar-refractivity contribution in [1.82, 2.24) is 10.6 Å². The highest BCUT2D eigenvalue weighted by Gasteiger charge is 2.40. The van der Waals surface area contributed by atoms with Gasteiger partial charge in [0.15, 0.2) is 3.68 Å². The third-order valence-corrected chi connectivity index (χ3v) is 2.89. The Morgan fingerprint density at radius 1 is 1.73 bits per heavy atom. The van der Waals surface area contributed by atoms with Crippen LogP contribution >= 0.6 is 22.6 Å². The van der Waals surface area contributed by atoms with Crippen LogP contribution < -0.4 is 10.6 Å². The fraction of sp³-hybridized carbons (Fsp3) is 1.00. The van der Waals surface area contributed by atoms with Gasteiger partial charge in [0.05, 0.1) is 6.04 Å². The summed E-state index contributed by atoms with van der Waals surface area (Å²) in [5.74, 6) is 0. The van der Waals surface area contributed by atoms with Crippen molar-refractivity contribution in [3.63, 3.8) is 0 Å². The Morgan fingerprint density at radius 3 is 2.73 bits per heavy atom. The van der Waals surface area contributed by atoms with Gasteiger partial charge >= 0.3 is 0 Å². The average molecular weight is 272 g/mol. The molecule has 2 unspecified atom stereocenters. The Labute approximate surface area is 80.5 Å². The van der Waals surface area contributed by atoms with Crippen LogP contribution in [0.1, 0.15) is 13.8 Å². The van der Waals surface area contributed by atoms with Gasteiger partial charge in [-0.2, -0.15) is 0 Å². The van der Waals surface area contributed by atoms with Gasteiger partial charge < -0.3 is 10.6 Å². The summed E-state index contributed by atoms with van der Waals surface area (Å²) in [6, 6.07) is 0.313. The van der Waals surface area contributed by atoms with Crippen molar-refractivity contribution < 1.29 is 4.39 Å². The summed E-state index contributed by atoms with van der Waals surface area (Å²) >= 11 is 1.87. The van der Waals surface area contributed by atoms with E-state index in [9.17, 15) is 4.39 Å². The van der Waals surface area contributed by atoms with Crippen molar-refractivity contribution in [2.24, 2.45) is 0 Å². The maximum absolute atomic E-state index is 13.5. The summed E-state index contributed by atoms with van der Waals surface area (Å²) in [6.07, 6.45) is 0. The van der Waals surface area contributed by atoms with E-state index in [1.54, 1.807) is 0 Å². The fourth-order valence-corrected chi connectivity index (χ4v) is 1.91. The molecule has 0 amide bonds. The molecule has 1 aliphatic rings. The maximum atomic E-state index is 13.5. The van der Waals surface area contributed by atoms with Crippen LogP contribution in [0.5, 0.6) is 0 Å². The van der Waals surface area contributed by atoms with Crippen LogP contribution in [0.15, 0.2) is 0 Å². The Hall–Kier alpha value is 0.580. The summed E-state index contributed by atoms with van der Waals surface area (Å²) in [6.45, 7) is 5.26. The van der Waals surface area contributed by atoms with Crippen LogP contribution in [0, 0.1) is 0 Å². The molecule has 2 atom stereocenters. The van der Waals surface area contributed by atoms with E-state index in [0.29, 0.717) is 12.6 Å². The van der Waals surface area contributed by atoms with Gasteiger partial charge in [0.1, 0.15) is 0 Å². The minimum absolute atomic E-state index is 0.0388. The number of hydrogen-bond acceptors (Lipinski definition) is 2. The van der Waals surface area contributed by atoms with Gasteiger partial charge in [-0.1, -0.05) is 13.8 Å². The number of rotatable bonds is 2. The highest BCUT2D eigenvalue weighted by Crippen LogP contribution is 2.28. The van der Waals surface area contributed by atoms with Crippen LogP contribution in [0.2, 0.25) is 0 Å². The summed E-state index contributed by atoms with van der Waals surface area (Å²) in [5.41, 5.74) is 0. The Kier molecular flexibility index (Phi) is 3.10. The summed E-state index contributed by atoms with van der Waals surface area (Å²) in [5, 5.41) is 6.21. The first-order chi connectivity index (χ1) is 5.02. The summed E-state index contributed by atoms with van der Waals surface area (Å²) in [7, 11) is 0. The van der Waals surface area contributed by atoms with Crippen molar-refractivity contribution in [3.05, 3.63) is 0 Å². The van der Waals surface area contributed by atoms with Gasteiger partial charge in [-0.15, -0.1) is 0 Å². The molecule has 2 N–H and O–H groups in total. The van der Waals surface area contributed by atoms with Crippen molar-refractivity contribution >= 4 is 22.6 Å². The van der Waals surface area contributed by atoms with E-state index < -0.39 is 3.68 Å². The van der Waals surface area contributed by atoms with Gasteiger partial charge in [0.2, 0.25) is 0 Å². The smallest absolute Gasteiger partial charge is 0.189 e. The molecule has 0 aromatic heterocycles. The molecule has 0 radical (unpaired) electrons. The van der Waals surface area contributed by atoms with E-state index in [4.69, 9.17) is 0 Å². The quantitative estimate of drug-likeness (QED) is 0.580. The molecule has 1 rings (SSSR count). The first-order valence-electron chi connectivity index (χ1n) is 3.87. The molecule has 1 fully saturated rings. The first kappa shape index (κ1) is 9.67. The van der Waals surface area contributed by atoms with Crippen LogP contribution in [-0.2, 0) is 0 Å². The molecular weight excluding hydrogens is 258 g/mol. The number of nitrogens with one attached hydrogen (secondary N) is 2. The molecule has 0 saturated carbocycles. The van der Waals surface area contributed by atoms with Crippen molar-refractivity contribution in [2.45, 2.75) is 29.6 Å². The van der Waals surface area contributed by atoms with Crippen molar-refractivity contribution in [2.75, 3.05) is 13.1 Å². The minimum Gasteiger partial charge on any atom is -0.311 e. The molecule has 1 heterocycles. The molecule has 66 valence electrons. The van der Waals surface area contributed by atoms with Crippen LogP contribution in [0.4, 0.5) is 4.39 Å². The highest BCUT2D eigenvalue weighted by atomic mass is 127. The van der Waals surface area contributed by atoms with Gasteiger partial charge in [-0.25, -0.2) is 4.39 Å². The summed E-state index contributed by atoms with van der Waals surface area (Å²) in [4.78, 5) is 0. The molecule has 0 aromatic rings. The monoisotopic (exact) mass is 272 g/mol. The van der Waals surface area contributed by atoms with Crippen molar-refractivity contribution in [3.8, 4) is 0 Å². The molecule has 0 bridgehead atoms. The fourth-order valence-electron chi connectivity index (χ4n) is 1.24. The number of hydrogen-bond donors (Lipinski definition) is 2. The van der Waals surface area contributed by atoms with Gasteiger partial charge in [0.25, 0.3) is 0 Å². The molecule has 0 spiro atoms. The second-order valence-corrected chi connectivity index (χ2v) is 5.06. The largest absolute Gasteiger partial charge is 0.311 e. The Bertz CT molecular complexity index is 138. The predicted octanol–water partition coefficient (Wildman–Crippen LogP) is 1.06. The van der Waals surface area contributed by atoms with Gasteiger partial charge in [-0.05, 0) is 22.6 Å². The topological polar surface area (TPSA) is 24.1 Å². The van der Waals surface area contributed by atoms with E-state index in [-0.39, 0.29) is 6.04 Å². The average Bonchev–Trinajstić information content (AvgIpc) is 2.10.